The van der Waals surface area contributed by atoms with Crippen molar-refractivity contribution in [3.63, 3.8) is 0 Å². The molecule has 1 aromatic rings. The Morgan fingerprint density at radius 2 is 0.600 bits per heavy atom. The van der Waals surface area contributed by atoms with Crippen LogP contribution in [0.15, 0.2) is 0 Å². The highest BCUT2D eigenvalue weighted by Crippen LogP contribution is 2.42. The van der Waals surface area contributed by atoms with E-state index in [9.17, 15) is 0 Å². The molecule has 0 bridgehead atoms. The molecule has 0 spiro atoms. The van der Waals surface area contributed by atoms with Crippen molar-refractivity contribution in [2.45, 2.75) is 121 Å². The second kappa shape index (κ2) is 20.4. The van der Waals surface area contributed by atoms with Crippen molar-refractivity contribution < 1.29 is 0 Å². The van der Waals surface area contributed by atoms with Crippen LogP contribution in [0.2, 0.25) is 27.7 Å². The molecule has 0 saturated carbocycles. The number of hydrogen-bond acceptors (Lipinski definition) is 0. The lowest BCUT2D eigenvalue weighted by Gasteiger charge is -2.32. The summed E-state index contributed by atoms with van der Waals surface area (Å²) >= 11 is 66.0. The number of halogens is 10. The Morgan fingerprint density at radius 3 is 0.775 bits per heavy atom. The third kappa shape index (κ3) is 13.1. The van der Waals surface area contributed by atoms with E-state index in [-0.39, 0.29) is 27.7 Å². The van der Waals surface area contributed by atoms with Crippen LogP contribution in [0, 0.1) is 0 Å². The standard InChI is InChI=1S/C25H44Cl10Si5/c1-7-8-9-20-21(10-15(2)36(26)27)23(12-17(4)38(30)31)25(14-19(6)40(34)35)24(13-18(5)39(32)33)22(20)11-16(3)37(28)29/h15-19,36-40H,7-14H2,1-6H3. The molecule has 0 aliphatic heterocycles. The van der Waals surface area contributed by atoms with E-state index in [2.05, 4.69) is 41.5 Å². The summed E-state index contributed by atoms with van der Waals surface area (Å²) in [5.74, 6) is 0. The Labute approximate surface area is 298 Å². The highest BCUT2D eigenvalue weighted by molar-refractivity contribution is 7.35. The van der Waals surface area contributed by atoms with Crippen LogP contribution in [0.25, 0.3) is 0 Å². The number of rotatable bonds is 18. The Hall–Kier alpha value is 3.20. The Kier molecular flexibility index (Phi) is 21.1. The van der Waals surface area contributed by atoms with E-state index in [4.69, 9.17) is 111 Å². The van der Waals surface area contributed by atoms with Crippen LogP contribution in [0.4, 0.5) is 0 Å². The van der Waals surface area contributed by atoms with Crippen LogP contribution >= 0.6 is 111 Å². The molecular formula is C25H44Cl10Si5. The van der Waals surface area contributed by atoms with Gasteiger partial charge in [0.2, 0.25) is 37.1 Å². The van der Waals surface area contributed by atoms with Gasteiger partial charge in [-0.25, -0.2) is 0 Å². The lowest BCUT2D eigenvalue weighted by molar-refractivity contribution is 0.727. The highest BCUT2D eigenvalue weighted by Gasteiger charge is 2.32. The molecule has 0 amide bonds. The fraction of sp³-hybridized carbons (Fsp3) is 0.760. The molecule has 0 nitrogen and oxygen atoms in total. The topological polar surface area (TPSA) is 0 Å². The van der Waals surface area contributed by atoms with Crippen molar-refractivity contribution in [3.8, 4) is 0 Å². The van der Waals surface area contributed by atoms with Gasteiger partial charge in [-0.2, -0.15) is 111 Å². The molecule has 0 aliphatic carbocycles. The lowest BCUT2D eigenvalue weighted by Crippen LogP contribution is -2.23. The van der Waals surface area contributed by atoms with E-state index in [0.29, 0.717) is 0 Å². The van der Waals surface area contributed by atoms with Gasteiger partial charge >= 0.3 is 0 Å². The molecule has 0 fully saturated rings. The normalized spacial score (nSPS) is 16.4. The highest BCUT2D eigenvalue weighted by atomic mass is 35.7. The van der Waals surface area contributed by atoms with Gasteiger partial charge in [0.05, 0.1) is 0 Å². The van der Waals surface area contributed by atoms with Crippen molar-refractivity contribution in [2.75, 3.05) is 0 Å². The predicted octanol–water partition coefficient (Wildman–Crippen LogP) is 11.2. The first kappa shape index (κ1) is 41.2. The SMILES string of the molecule is CCCCc1c(CC(C)[SiH](Cl)Cl)c(CC(C)[SiH](Cl)Cl)c(CC(C)[SiH](Cl)Cl)c(CC(C)[SiH](Cl)Cl)c1CC(C)[SiH](Cl)Cl. The number of unbranched alkanes of at least 4 members (excludes halogenated alkanes) is 1. The van der Waals surface area contributed by atoms with Crippen molar-refractivity contribution >= 4 is 148 Å². The summed E-state index contributed by atoms with van der Waals surface area (Å²) in [4.78, 5) is 0. The van der Waals surface area contributed by atoms with Crippen LogP contribution in [0.1, 0.15) is 87.8 Å². The maximum Gasteiger partial charge on any atom is 0.240 e. The summed E-state index contributed by atoms with van der Waals surface area (Å²) < 4.78 is 0. The van der Waals surface area contributed by atoms with Gasteiger partial charge in [0, 0.05) is 0 Å². The van der Waals surface area contributed by atoms with E-state index in [0.717, 1.165) is 51.4 Å². The van der Waals surface area contributed by atoms with E-state index in [1.165, 1.54) is 33.4 Å². The first-order valence-electron chi connectivity index (χ1n) is 14.1. The van der Waals surface area contributed by atoms with Crippen LogP contribution < -0.4 is 0 Å². The van der Waals surface area contributed by atoms with Crippen LogP contribution in [-0.2, 0) is 38.5 Å². The molecule has 5 atom stereocenters. The predicted molar refractivity (Wildman–Crippen MR) is 205 cm³/mol. The minimum absolute atomic E-state index is 0.176. The zero-order valence-electron chi connectivity index (χ0n) is 24.2. The smallest absolute Gasteiger partial charge is 0.150 e. The molecule has 1 aromatic carbocycles. The zero-order valence-corrected chi connectivity index (χ0v) is 37.5. The molecule has 5 unspecified atom stereocenters. The molecule has 0 saturated heterocycles. The van der Waals surface area contributed by atoms with Gasteiger partial charge in [-0.05, 0) is 106 Å². The van der Waals surface area contributed by atoms with Crippen LogP contribution in [-0.4, -0.2) is 37.1 Å². The third-order valence-corrected chi connectivity index (χ3v) is 26.1. The molecule has 40 heavy (non-hydrogen) atoms. The average molecular weight is 840 g/mol. The van der Waals surface area contributed by atoms with Crippen LogP contribution in [0.5, 0.6) is 0 Å². The zero-order chi connectivity index (χ0) is 30.9. The fourth-order valence-electron chi connectivity index (χ4n) is 5.04. The minimum atomic E-state index is -1.95. The van der Waals surface area contributed by atoms with Gasteiger partial charge in [0.15, 0.2) is 0 Å². The summed E-state index contributed by atoms with van der Waals surface area (Å²) in [7, 11) is -9.69. The maximum absolute atomic E-state index is 6.60. The summed E-state index contributed by atoms with van der Waals surface area (Å²) in [5.41, 5.74) is 9.10. The van der Waals surface area contributed by atoms with Gasteiger partial charge in [0.1, 0.15) is 0 Å². The van der Waals surface area contributed by atoms with Crippen molar-refractivity contribution in [1.29, 1.82) is 0 Å². The van der Waals surface area contributed by atoms with Crippen molar-refractivity contribution in [3.05, 3.63) is 33.4 Å². The Balaban J connectivity index is 4.31. The molecule has 0 aliphatic rings. The molecular weight excluding hydrogens is 795 g/mol. The first-order chi connectivity index (χ1) is 18.5. The summed E-state index contributed by atoms with van der Waals surface area (Å²) in [6.45, 7) is 13.1. The third-order valence-electron chi connectivity index (χ3n) is 7.75. The molecule has 0 N–H and O–H groups in total. The monoisotopic (exact) mass is 834 g/mol. The van der Waals surface area contributed by atoms with E-state index in [1.54, 1.807) is 0 Å². The quantitative estimate of drug-likeness (QED) is 0.102. The fourth-order valence-corrected chi connectivity index (χ4v) is 9.78. The summed E-state index contributed by atoms with van der Waals surface area (Å²) in [6.07, 6.45) is 7.21. The Bertz CT molecular complexity index is 846. The lowest BCUT2D eigenvalue weighted by atomic mass is 9.78. The van der Waals surface area contributed by atoms with Gasteiger partial charge in [-0.15, -0.1) is 0 Å². The average Bonchev–Trinajstić information content (AvgIpc) is 2.86. The molecule has 0 aromatic heterocycles. The molecule has 1 rings (SSSR count). The molecule has 234 valence electrons. The van der Waals surface area contributed by atoms with E-state index in [1.807, 2.05) is 0 Å². The second-order valence-corrected chi connectivity index (χ2v) is 38.0. The number of benzene rings is 1. The van der Waals surface area contributed by atoms with Crippen LogP contribution in [0.3, 0.4) is 0 Å². The van der Waals surface area contributed by atoms with Crippen molar-refractivity contribution in [1.82, 2.24) is 0 Å². The van der Waals surface area contributed by atoms with Crippen molar-refractivity contribution in [2.24, 2.45) is 0 Å². The van der Waals surface area contributed by atoms with Gasteiger partial charge in [-0.1, -0.05) is 48.0 Å². The van der Waals surface area contributed by atoms with E-state index >= 15 is 0 Å². The maximum atomic E-state index is 6.60. The first-order valence-corrected chi connectivity index (χ1v) is 34.9. The van der Waals surface area contributed by atoms with Gasteiger partial charge in [0.25, 0.3) is 0 Å². The second-order valence-electron chi connectivity index (χ2n) is 11.6. The number of hydrogen-bond donors (Lipinski definition) is 0. The summed E-state index contributed by atoms with van der Waals surface area (Å²) in [5, 5.41) is 0. The van der Waals surface area contributed by atoms with Gasteiger partial charge in [-0.3, -0.25) is 0 Å². The molecule has 15 heteroatoms. The van der Waals surface area contributed by atoms with Gasteiger partial charge < -0.3 is 0 Å². The largest absolute Gasteiger partial charge is 0.240 e. The summed E-state index contributed by atoms with van der Waals surface area (Å²) in [6, 6.07) is 0. The van der Waals surface area contributed by atoms with E-state index < -0.39 is 37.1 Å². The Morgan fingerprint density at radius 1 is 0.400 bits per heavy atom. The minimum Gasteiger partial charge on any atom is -0.150 e. The molecule has 0 radical (unpaired) electrons. The molecule has 0 heterocycles.